The van der Waals surface area contributed by atoms with Gasteiger partial charge in [-0.3, -0.25) is 20.2 Å². The predicted molar refractivity (Wildman–Crippen MR) is 117 cm³/mol. The van der Waals surface area contributed by atoms with Crippen molar-refractivity contribution in [3.8, 4) is 11.3 Å². The SMILES string of the molecule is O=C1NC(=O)C(=Cc2ccc(C(=O)Nc3nc(-c4ccc(Cl)c(Cl)c4)cs3)cc2)N1. The summed E-state index contributed by atoms with van der Waals surface area (Å²) in [7, 11) is 0. The first-order chi connectivity index (χ1) is 14.4. The minimum atomic E-state index is -0.564. The number of halogens is 2. The van der Waals surface area contributed by atoms with Crippen LogP contribution in [0.15, 0.2) is 53.5 Å². The van der Waals surface area contributed by atoms with Crippen molar-refractivity contribution in [1.82, 2.24) is 15.6 Å². The van der Waals surface area contributed by atoms with E-state index in [4.69, 9.17) is 23.2 Å². The molecule has 0 radical (unpaired) electrons. The molecule has 0 bridgehead atoms. The molecular weight excluding hydrogens is 447 g/mol. The van der Waals surface area contributed by atoms with Gasteiger partial charge in [0.25, 0.3) is 11.8 Å². The largest absolute Gasteiger partial charge is 0.326 e. The van der Waals surface area contributed by atoms with Gasteiger partial charge in [0.1, 0.15) is 5.70 Å². The molecule has 4 rings (SSSR count). The van der Waals surface area contributed by atoms with Gasteiger partial charge in [-0.15, -0.1) is 11.3 Å². The van der Waals surface area contributed by atoms with Crippen LogP contribution in [-0.2, 0) is 4.79 Å². The van der Waals surface area contributed by atoms with Crippen molar-refractivity contribution in [2.24, 2.45) is 0 Å². The number of nitrogens with one attached hydrogen (secondary N) is 3. The zero-order chi connectivity index (χ0) is 21.3. The Balaban J connectivity index is 1.45. The first kappa shape index (κ1) is 20.1. The van der Waals surface area contributed by atoms with Crippen molar-refractivity contribution in [3.63, 3.8) is 0 Å². The number of nitrogens with zero attached hydrogens (tertiary/aromatic N) is 1. The highest BCUT2D eigenvalue weighted by Crippen LogP contribution is 2.30. The topological polar surface area (TPSA) is 100 Å². The summed E-state index contributed by atoms with van der Waals surface area (Å²) in [6.45, 7) is 0. The lowest BCUT2D eigenvalue weighted by Gasteiger charge is -2.03. The first-order valence-corrected chi connectivity index (χ1v) is 10.2. The third kappa shape index (κ3) is 4.35. The molecule has 0 saturated carbocycles. The van der Waals surface area contributed by atoms with Crippen LogP contribution in [0.25, 0.3) is 17.3 Å². The molecular formula is C20H12Cl2N4O3S. The van der Waals surface area contributed by atoms with Crippen molar-refractivity contribution in [3.05, 3.63) is 74.7 Å². The Hall–Kier alpha value is -3.20. The first-order valence-electron chi connectivity index (χ1n) is 8.55. The number of imide groups is 1. The number of benzene rings is 2. The number of carbonyl (C=O) groups is 3. The van der Waals surface area contributed by atoms with Gasteiger partial charge in [-0.05, 0) is 35.9 Å². The van der Waals surface area contributed by atoms with Gasteiger partial charge in [-0.25, -0.2) is 9.78 Å². The van der Waals surface area contributed by atoms with E-state index in [1.165, 1.54) is 17.4 Å². The molecule has 3 N–H and O–H groups in total. The van der Waals surface area contributed by atoms with Gasteiger partial charge in [0.15, 0.2) is 5.13 Å². The van der Waals surface area contributed by atoms with E-state index in [-0.39, 0.29) is 11.6 Å². The lowest BCUT2D eigenvalue weighted by molar-refractivity contribution is -0.115. The van der Waals surface area contributed by atoms with Crippen LogP contribution < -0.4 is 16.0 Å². The number of hydrogen-bond acceptors (Lipinski definition) is 5. The normalized spacial score (nSPS) is 14.5. The summed E-state index contributed by atoms with van der Waals surface area (Å²) in [4.78, 5) is 39.6. The second kappa shape index (κ2) is 8.27. The van der Waals surface area contributed by atoms with Crippen LogP contribution in [0, 0.1) is 0 Å². The summed E-state index contributed by atoms with van der Waals surface area (Å²) in [6, 6.07) is 11.2. The molecule has 3 aromatic rings. The summed E-state index contributed by atoms with van der Waals surface area (Å²) in [5.74, 6) is -0.820. The minimum Gasteiger partial charge on any atom is -0.303 e. The fourth-order valence-electron chi connectivity index (χ4n) is 2.67. The standard InChI is InChI=1S/C20H12Cl2N4O3S/c21-13-6-5-12(8-14(13)22)16-9-30-20(24-16)26-17(27)11-3-1-10(2-4-11)7-15-18(28)25-19(29)23-15/h1-9H,(H,24,26,27)(H2,23,25,28,29). The van der Waals surface area contributed by atoms with Crippen LogP contribution in [0.2, 0.25) is 10.0 Å². The van der Waals surface area contributed by atoms with Gasteiger partial charge in [0, 0.05) is 16.5 Å². The Morgan fingerprint density at radius 2 is 1.80 bits per heavy atom. The van der Waals surface area contributed by atoms with Crippen molar-refractivity contribution >= 4 is 63.6 Å². The van der Waals surface area contributed by atoms with Gasteiger partial charge >= 0.3 is 6.03 Å². The van der Waals surface area contributed by atoms with E-state index in [0.717, 1.165) is 5.56 Å². The quantitative estimate of drug-likeness (QED) is 0.394. The van der Waals surface area contributed by atoms with E-state index in [9.17, 15) is 14.4 Å². The number of amides is 4. The van der Waals surface area contributed by atoms with Gasteiger partial charge < -0.3 is 5.32 Å². The summed E-state index contributed by atoms with van der Waals surface area (Å²) in [6.07, 6.45) is 1.52. The smallest absolute Gasteiger partial charge is 0.303 e. The van der Waals surface area contributed by atoms with Gasteiger partial charge in [-0.1, -0.05) is 41.4 Å². The monoisotopic (exact) mass is 458 g/mol. The van der Waals surface area contributed by atoms with Crippen molar-refractivity contribution in [2.75, 3.05) is 5.32 Å². The third-order valence-corrected chi connectivity index (χ3v) is 5.64. The van der Waals surface area contributed by atoms with Crippen molar-refractivity contribution in [1.29, 1.82) is 0 Å². The Labute approximate surface area is 184 Å². The van der Waals surface area contributed by atoms with Gasteiger partial charge in [0.2, 0.25) is 0 Å². The number of anilines is 1. The number of rotatable bonds is 4. The minimum absolute atomic E-state index is 0.148. The number of urea groups is 1. The van der Waals surface area contributed by atoms with E-state index in [1.807, 2.05) is 5.38 Å². The fraction of sp³-hybridized carbons (Fsp3) is 0. The molecule has 1 aliphatic heterocycles. The second-order valence-electron chi connectivity index (χ2n) is 6.21. The molecule has 1 aromatic heterocycles. The Kier molecular flexibility index (Phi) is 5.54. The Morgan fingerprint density at radius 3 is 2.47 bits per heavy atom. The maximum Gasteiger partial charge on any atom is 0.326 e. The van der Waals surface area contributed by atoms with E-state index < -0.39 is 11.9 Å². The van der Waals surface area contributed by atoms with Crippen LogP contribution in [0.4, 0.5) is 9.93 Å². The predicted octanol–water partition coefficient (Wildman–Crippen LogP) is 4.55. The van der Waals surface area contributed by atoms with Crippen molar-refractivity contribution in [2.45, 2.75) is 0 Å². The maximum absolute atomic E-state index is 12.5. The molecule has 150 valence electrons. The molecule has 0 spiro atoms. The van der Waals surface area contributed by atoms with E-state index in [0.29, 0.717) is 32.0 Å². The lowest BCUT2D eigenvalue weighted by atomic mass is 10.1. The molecule has 0 aliphatic carbocycles. The van der Waals surface area contributed by atoms with Crippen LogP contribution in [0.1, 0.15) is 15.9 Å². The number of aromatic nitrogens is 1. The highest BCUT2D eigenvalue weighted by molar-refractivity contribution is 7.14. The molecule has 7 nitrogen and oxygen atoms in total. The van der Waals surface area contributed by atoms with Gasteiger partial charge in [0.05, 0.1) is 15.7 Å². The fourth-order valence-corrected chi connectivity index (χ4v) is 3.68. The van der Waals surface area contributed by atoms with Crippen LogP contribution in [-0.4, -0.2) is 22.8 Å². The van der Waals surface area contributed by atoms with Crippen molar-refractivity contribution < 1.29 is 14.4 Å². The molecule has 0 unspecified atom stereocenters. The summed E-state index contributed by atoms with van der Waals surface area (Å²) in [5, 5.41) is 10.4. The highest BCUT2D eigenvalue weighted by atomic mass is 35.5. The average molecular weight is 459 g/mol. The van der Waals surface area contributed by atoms with E-state index >= 15 is 0 Å². The third-order valence-electron chi connectivity index (χ3n) is 4.14. The highest BCUT2D eigenvalue weighted by Gasteiger charge is 2.22. The molecule has 1 fully saturated rings. The average Bonchev–Trinajstić information content (AvgIpc) is 3.30. The van der Waals surface area contributed by atoms with Crippen LogP contribution >= 0.6 is 34.5 Å². The maximum atomic E-state index is 12.5. The lowest BCUT2D eigenvalue weighted by Crippen LogP contribution is -2.22. The Bertz CT molecular complexity index is 1210. The zero-order valence-corrected chi connectivity index (χ0v) is 17.4. The van der Waals surface area contributed by atoms with E-state index in [1.54, 1.807) is 42.5 Å². The summed E-state index contributed by atoms with van der Waals surface area (Å²) >= 11 is 13.3. The molecule has 1 saturated heterocycles. The van der Waals surface area contributed by atoms with E-state index in [2.05, 4.69) is 20.9 Å². The Morgan fingerprint density at radius 1 is 1.03 bits per heavy atom. The molecule has 2 heterocycles. The van der Waals surface area contributed by atoms with Crippen LogP contribution in [0.3, 0.4) is 0 Å². The molecule has 30 heavy (non-hydrogen) atoms. The molecule has 1 aliphatic rings. The molecule has 0 atom stereocenters. The zero-order valence-electron chi connectivity index (χ0n) is 15.0. The molecule has 2 aromatic carbocycles. The number of hydrogen-bond donors (Lipinski definition) is 3. The van der Waals surface area contributed by atoms with Crippen LogP contribution in [0.5, 0.6) is 0 Å². The number of carbonyl (C=O) groups excluding carboxylic acids is 3. The second-order valence-corrected chi connectivity index (χ2v) is 7.88. The summed E-state index contributed by atoms with van der Waals surface area (Å²) in [5.41, 5.74) is 2.70. The molecule has 10 heteroatoms. The molecule has 4 amide bonds. The summed E-state index contributed by atoms with van der Waals surface area (Å²) < 4.78 is 0. The number of thiazole rings is 1. The van der Waals surface area contributed by atoms with Gasteiger partial charge in [-0.2, -0.15) is 0 Å².